The molecule has 48 heavy (non-hydrogen) atoms. The Morgan fingerprint density at radius 2 is 1.85 bits per heavy atom. The van der Waals surface area contributed by atoms with Crippen LogP contribution in [0.1, 0.15) is 12.5 Å². The molecule has 11 nitrogen and oxygen atoms in total. The lowest BCUT2D eigenvalue weighted by molar-refractivity contribution is -0.151. The summed E-state index contributed by atoms with van der Waals surface area (Å²) < 4.78 is 26.9. The van der Waals surface area contributed by atoms with Crippen LogP contribution in [0.5, 0.6) is 11.5 Å². The fraction of sp³-hybridized carbons (Fsp3) is 0.206. The van der Waals surface area contributed by atoms with Crippen molar-refractivity contribution in [2.24, 2.45) is 0 Å². The van der Waals surface area contributed by atoms with Gasteiger partial charge in [0.25, 0.3) is 5.91 Å². The second-order valence-electron chi connectivity index (χ2n) is 11.2. The van der Waals surface area contributed by atoms with Crippen molar-refractivity contribution >= 4 is 67.7 Å². The van der Waals surface area contributed by atoms with E-state index in [4.69, 9.17) is 26.1 Å². The van der Waals surface area contributed by atoms with Crippen LogP contribution in [0.4, 0.5) is 16.0 Å². The van der Waals surface area contributed by atoms with Crippen molar-refractivity contribution in [2.75, 3.05) is 38.1 Å². The Hall–Kier alpha value is -5.11. The molecule has 0 radical (unpaired) electrons. The molecule has 1 aliphatic rings. The summed E-state index contributed by atoms with van der Waals surface area (Å²) in [4.78, 5) is 44.9. The molecule has 2 N–H and O–H groups in total. The third-order valence-corrected chi connectivity index (χ3v) is 9.24. The average Bonchev–Trinajstić information content (AvgIpc) is 3.70. The molecule has 6 aromatic rings. The van der Waals surface area contributed by atoms with E-state index in [1.54, 1.807) is 41.4 Å². The number of nitrogens with one attached hydrogen (secondary N) is 2. The lowest BCUT2D eigenvalue weighted by Crippen LogP contribution is -2.49. The number of carbonyl (C=O) groups is 2. The molecule has 5 heterocycles. The van der Waals surface area contributed by atoms with Crippen molar-refractivity contribution in [1.29, 1.82) is 0 Å². The van der Waals surface area contributed by atoms with Gasteiger partial charge in [-0.05, 0) is 48.0 Å². The highest BCUT2D eigenvalue weighted by Gasteiger charge is 2.22. The van der Waals surface area contributed by atoms with Crippen LogP contribution in [0.15, 0.2) is 73.1 Å². The first-order valence-electron chi connectivity index (χ1n) is 15.1. The monoisotopic (exact) mass is 685 g/mol. The van der Waals surface area contributed by atoms with E-state index in [1.807, 2.05) is 30.5 Å². The molecule has 7 rings (SSSR count). The van der Waals surface area contributed by atoms with Crippen molar-refractivity contribution in [3.05, 3.63) is 89.5 Å². The molecule has 1 aliphatic heterocycles. The lowest BCUT2D eigenvalue weighted by atomic mass is 10.2. The van der Waals surface area contributed by atoms with E-state index in [9.17, 15) is 9.59 Å². The molecule has 0 unspecified atom stereocenters. The zero-order valence-corrected chi connectivity index (χ0v) is 27.3. The smallest absolute Gasteiger partial charge is 0.303 e. The van der Waals surface area contributed by atoms with Gasteiger partial charge in [0.15, 0.2) is 18.2 Å². The Kier molecular flexibility index (Phi) is 8.89. The molecular weight excluding hydrogens is 657 g/mol. The number of aromatic amines is 1. The zero-order valence-electron chi connectivity index (χ0n) is 25.7. The minimum atomic E-state index is -0.534. The number of fused-ring (bicyclic) bond motifs is 2. The van der Waals surface area contributed by atoms with Crippen LogP contribution in [0.3, 0.4) is 0 Å². The number of thiophene rings is 1. The maximum atomic E-state index is 15.2. The van der Waals surface area contributed by atoms with Gasteiger partial charge in [0.05, 0.1) is 31.8 Å². The number of esters is 1. The van der Waals surface area contributed by atoms with Crippen LogP contribution in [0.25, 0.3) is 31.8 Å². The normalized spacial score (nSPS) is 13.6. The minimum absolute atomic E-state index is 0.0801. The predicted octanol–water partition coefficient (Wildman–Crippen LogP) is 6.77. The quantitative estimate of drug-likeness (QED) is 0.159. The molecule has 2 aromatic carbocycles. The molecule has 0 saturated carbocycles. The number of hydrogen-bond donors (Lipinski definition) is 2. The summed E-state index contributed by atoms with van der Waals surface area (Å²) >= 11 is 7.53. The molecule has 0 aliphatic carbocycles. The molecule has 4 aromatic heterocycles. The maximum absolute atomic E-state index is 15.2. The third kappa shape index (κ3) is 7.08. The Labute approximate surface area is 283 Å². The highest BCUT2D eigenvalue weighted by molar-refractivity contribution is 7.22. The van der Waals surface area contributed by atoms with Crippen LogP contribution in [0, 0.1) is 5.82 Å². The van der Waals surface area contributed by atoms with E-state index < -0.39 is 11.8 Å². The molecule has 0 spiro atoms. The molecule has 1 fully saturated rings. The Bertz CT molecular complexity index is 2130. The number of benzene rings is 2. The highest BCUT2D eigenvalue weighted by Crippen LogP contribution is 2.39. The van der Waals surface area contributed by atoms with E-state index in [2.05, 4.69) is 25.2 Å². The fourth-order valence-electron chi connectivity index (χ4n) is 5.41. The first kappa shape index (κ1) is 31.5. The van der Waals surface area contributed by atoms with Gasteiger partial charge in [-0.1, -0.05) is 17.7 Å². The number of ether oxygens (including phenoxy) is 2. The van der Waals surface area contributed by atoms with Crippen molar-refractivity contribution in [2.45, 2.75) is 13.5 Å². The van der Waals surface area contributed by atoms with Gasteiger partial charge >= 0.3 is 5.97 Å². The SMILES string of the molecule is CC(=O)OCC(=O)N1CCN(Cc2ccc(-c3cc4nccc(Oc5ccc(Nc6nc7cc(Cl)ccc7[nH]6)cc5F)c4s3)nc2)CC1. The van der Waals surface area contributed by atoms with E-state index in [0.717, 1.165) is 45.0 Å². The number of anilines is 2. The number of H-pyrrole nitrogens is 1. The number of rotatable bonds is 9. The molecule has 244 valence electrons. The first-order valence-corrected chi connectivity index (χ1v) is 16.3. The highest BCUT2D eigenvalue weighted by atomic mass is 35.5. The molecule has 0 atom stereocenters. The minimum Gasteiger partial charge on any atom is -0.456 e. The van der Waals surface area contributed by atoms with Gasteiger partial charge in [0.1, 0.15) is 5.75 Å². The van der Waals surface area contributed by atoms with Crippen LogP contribution in [0.2, 0.25) is 5.02 Å². The second-order valence-corrected chi connectivity index (χ2v) is 12.7. The van der Waals surface area contributed by atoms with Crippen LogP contribution >= 0.6 is 22.9 Å². The van der Waals surface area contributed by atoms with Crippen LogP contribution in [-0.2, 0) is 20.9 Å². The number of nitrogens with zero attached hydrogens (tertiary/aromatic N) is 5. The topological polar surface area (TPSA) is 126 Å². The fourth-order valence-corrected chi connectivity index (χ4v) is 6.62. The lowest BCUT2D eigenvalue weighted by Gasteiger charge is -2.34. The van der Waals surface area contributed by atoms with Gasteiger partial charge in [0, 0.05) is 74.9 Å². The average molecular weight is 686 g/mol. The number of piperazine rings is 1. The largest absolute Gasteiger partial charge is 0.456 e. The Morgan fingerprint density at radius 3 is 2.62 bits per heavy atom. The number of aromatic nitrogens is 4. The first-order chi connectivity index (χ1) is 23.3. The summed E-state index contributed by atoms with van der Waals surface area (Å²) in [6, 6.07) is 17.7. The Balaban J connectivity index is 0.991. The summed E-state index contributed by atoms with van der Waals surface area (Å²) in [7, 11) is 0. The van der Waals surface area contributed by atoms with Gasteiger partial charge in [0.2, 0.25) is 5.95 Å². The third-order valence-electron chi connectivity index (χ3n) is 7.84. The Morgan fingerprint density at radius 1 is 1.00 bits per heavy atom. The van der Waals surface area contributed by atoms with Crippen LogP contribution < -0.4 is 10.1 Å². The molecule has 1 saturated heterocycles. The molecule has 1 amide bonds. The zero-order chi connectivity index (χ0) is 33.2. The van der Waals surface area contributed by atoms with Gasteiger partial charge in [-0.2, -0.15) is 0 Å². The second kappa shape index (κ2) is 13.6. The number of hydrogen-bond acceptors (Lipinski definition) is 10. The maximum Gasteiger partial charge on any atom is 0.303 e. The summed E-state index contributed by atoms with van der Waals surface area (Å²) in [5.74, 6) is -0.132. The number of halogens is 2. The van der Waals surface area contributed by atoms with Crippen molar-refractivity contribution in [1.82, 2.24) is 29.7 Å². The van der Waals surface area contributed by atoms with Crippen molar-refractivity contribution < 1.29 is 23.5 Å². The molecule has 0 bridgehead atoms. The van der Waals surface area contributed by atoms with Crippen molar-refractivity contribution in [3.63, 3.8) is 0 Å². The number of carbonyl (C=O) groups excluding carboxylic acids is 2. The summed E-state index contributed by atoms with van der Waals surface area (Å²) in [6.45, 7) is 4.37. The number of pyridine rings is 2. The summed E-state index contributed by atoms with van der Waals surface area (Å²) in [6.07, 6.45) is 3.49. The van der Waals surface area contributed by atoms with Crippen molar-refractivity contribution in [3.8, 4) is 22.1 Å². The van der Waals surface area contributed by atoms with E-state index in [-0.39, 0.29) is 18.3 Å². The number of amides is 1. The standard InChI is InChI=1S/C34H29ClFN7O4S/c1-20(44)46-19-32(45)43-12-10-42(11-13-43)18-21-2-5-26(38-17-21)31-16-28-33(48-31)30(8-9-37-28)47-29-7-4-23(15-24(29)36)39-34-40-25-6-3-22(35)14-27(25)41-34/h2-9,14-17H,10-13,18-19H2,1H3,(H2,39,40,41). The van der Waals surface area contributed by atoms with Gasteiger partial charge < -0.3 is 24.7 Å². The number of imidazole rings is 1. The van der Waals surface area contributed by atoms with E-state index >= 15 is 4.39 Å². The summed E-state index contributed by atoms with van der Waals surface area (Å²) in [5, 5.41) is 3.67. The van der Waals surface area contributed by atoms with Gasteiger partial charge in [-0.15, -0.1) is 11.3 Å². The summed E-state index contributed by atoms with van der Waals surface area (Å²) in [5.41, 5.74) is 4.59. The van der Waals surface area contributed by atoms with Gasteiger partial charge in [-0.25, -0.2) is 9.37 Å². The van der Waals surface area contributed by atoms with E-state index in [0.29, 0.717) is 47.6 Å². The molecule has 14 heteroatoms. The predicted molar refractivity (Wildman–Crippen MR) is 182 cm³/mol. The van der Waals surface area contributed by atoms with E-state index in [1.165, 1.54) is 24.3 Å². The van der Waals surface area contributed by atoms with Crippen LogP contribution in [-0.4, -0.2) is 74.4 Å². The molecular formula is C34H29ClFN7O4S. The van der Waals surface area contributed by atoms with Gasteiger partial charge in [-0.3, -0.25) is 24.5 Å².